The number of rotatable bonds is 8. The van der Waals surface area contributed by atoms with E-state index in [-0.39, 0.29) is 5.91 Å². The molecule has 4 aromatic rings. The molecule has 0 unspecified atom stereocenters. The molecule has 0 spiro atoms. The lowest BCUT2D eigenvalue weighted by atomic mass is 10.1. The average Bonchev–Trinajstić information content (AvgIpc) is 3.26. The smallest absolute Gasteiger partial charge is 0.220 e. The van der Waals surface area contributed by atoms with Gasteiger partial charge in [0.15, 0.2) is 0 Å². The van der Waals surface area contributed by atoms with Gasteiger partial charge in [0.05, 0.1) is 12.8 Å². The fourth-order valence-corrected chi connectivity index (χ4v) is 4.07. The molecular weight excluding hydrogens is 455 g/mol. The Morgan fingerprint density at radius 3 is 2.36 bits per heavy atom. The van der Waals surface area contributed by atoms with E-state index in [1.54, 1.807) is 7.11 Å². The van der Waals surface area contributed by atoms with Crippen LogP contribution in [0.5, 0.6) is 5.75 Å². The summed E-state index contributed by atoms with van der Waals surface area (Å²) in [7, 11) is 1.65. The standard InChI is InChI=1S/C27H24Cl2N2O2/c1-33-25-13-9-23(10-14-25)31-24(11-15-26(31)20-5-7-21(28)8-6-20)12-16-27(32)30-18-19-3-2-4-22(29)17-19/h2-11,13-15,17H,12,16,18H2,1H3,(H,30,32). The van der Waals surface area contributed by atoms with E-state index in [2.05, 4.69) is 22.0 Å². The van der Waals surface area contributed by atoms with Gasteiger partial charge in [-0.2, -0.15) is 0 Å². The number of hydrogen-bond donors (Lipinski definition) is 1. The highest BCUT2D eigenvalue weighted by molar-refractivity contribution is 6.30. The molecule has 0 fully saturated rings. The molecule has 1 aromatic heterocycles. The number of amides is 1. The average molecular weight is 479 g/mol. The Morgan fingerprint density at radius 2 is 1.67 bits per heavy atom. The Morgan fingerprint density at radius 1 is 0.909 bits per heavy atom. The topological polar surface area (TPSA) is 43.3 Å². The zero-order valence-corrected chi connectivity index (χ0v) is 19.7. The van der Waals surface area contributed by atoms with Crippen molar-refractivity contribution in [3.63, 3.8) is 0 Å². The van der Waals surface area contributed by atoms with Crippen LogP contribution in [0.3, 0.4) is 0 Å². The molecule has 3 aromatic carbocycles. The van der Waals surface area contributed by atoms with Gasteiger partial charge in [-0.15, -0.1) is 0 Å². The van der Waals surface area contributed by atoms with Gasteiger partial charge in [0.2, 0.25) is 5.91 Å². The third-order valence-electron chi connectivity index (χ3n) is 5.42. The molecule has 0 bridgehead atoms. The molecule has 168 valence electrons. The summed E-state index contributed by atoms with van der Waals surface area (Å²) in [6.07, 6.45) is 0.974. The molecule has 0 aliphatic heterocycles. The van der Waals surface area contributed by atoms with Crippen molar-refractivity contribution >= 4 is 29.1 Å². The first-order chi connectivity index (χ1) is 16.0. The van der Waals surface area contributed by atoms with Gasteiger partial charge in [-0.05, 0) is 78.2 Å². The Balaban J connectivity index is 1.54. The van der Waals surface area contributed by atoms with E-state index < -0.39 is 0 Å². The molecule has 0 radical (unpaired) electrons. The van der Waals surface area contributed by atoms with Gasteiger partial charge >= 0.3 is 0 Å². The van der Waals surface area contributed by atoms with Crippen molar-refractivity contribution in [2.75, 3.05) is 7.11 Å². The summed E-state index contributed by atoms with van der Waals surface area (Å²) in [5, 5.41) is 4.33. The van der Waals surface area contributed by atoms with Crippen LogP contribution >= 0.6 is 23.2 Å². The minimum absolute atomic E-state index is 0.00880. The van der Waals surface area contributed by atoms with Crippen molar-refractivity contribution in [3.8, 4) is 22.7 Å². The lowest BCUT2D eigenvalue weighted by Crippen LogP contribution is -2.23. The summed E-state index contributed by atoms with van der Waals surface area (Å²) in [6, 6.07) is 27.3. The van der Waals surface area contributed by atoms with Crippen molar-refractivity contribution in [2.45, 2.75) is 19.4 Å². The molecule has 0 aliphatic carbocycles. The molecule has 4 nitrogen and oxygen atoms in total. The summed E-state index contributed by atoms with van der Waals surface area (Å²) in [6.45, 7) is 0.453. The monoisotopic (exact) mass is 478 g/mol. The maximum Gasteiger partial charge on any atom is 0.220 e. The highest BCUT2D eigenvalue weighted by atomic mass is 35.5. The predicted molar refractivity (Wildman–Crippen MR) is 134 cm³/mol. The third-order valence-corrected chi connectivity index (χ3v) is 5.91. The van der Waals surface area contributed by atoms with Gasteiger partial charge in [-0.25, -0.2) is 0 Å². The van der Waals surface area contributed by atoms with Crippen LogP contribution in [-0.2, 0) is 17.8 Å². The molecule has 1 N–H and O–H groups in total. The molecule has 0 atom stereocenters. The summed E-state index contributed by atoms with van der Waals surface area (Å²) >= 11 is 12.1. The maximum atomic E-state index is 12.5. The number of halogens is 2. The first-order valence-electron chi connectivity index (χ1n) is 10.7. The molecule has 6 heteroatoms. The normalized spacial score (nSPS) is 10.8. The molecule has 1 amide bonds. The van der Waals surface area contributed by atoms with Crippen LogP contribution in [-0.4, -0.2) is 17.6 Å². The summed E-state index contributed by atoms with van der Waals surface area (Å²) in [4.78, 5) is 12.5. The van der Waals surface area contributed by atoms with Crippen LogP contribution in [0.2, 0.25) is 10.0 Å². The van der Waals surface area contributed by atoms with Gasteiger partial charge in [0.1, 0.15) is 5.75 Å². The number of benzene rings is 3. The summed E-state index contributed by atoms with van der Waals surface area (Å²) in [5.74, 6) is 0.784. The number of nitrogens with zero attached hydrogens (tertiary/aromatic N) is 1. The Bertz CT molecular complexity index is 1230. The minimum atomic E-state index is -0.00880. The number of aryl methyl sites for hydroxylation is 1. The summed E-state index contributed by atoms with van der Waals surface area (Å²) in [5.41, 5.74) is 5.10. The molecular formula is C27H24Cl2N2O2. The zero-order valence-electron chi connectivity index (χ0n) is 18.2. The van der Waals surface area contributed by atoms with Gasteiger partial charge in [0.25, 0.3) is 0 Å². The SMILES string of the molecule is COc1ccc(-n2c(CCC(=O)NCc3cccc(Cl)c3)ccc2-c2ccc(Cl)cc2)cc1. The van der Waals surface area contributed by atoms with E-state index in [9.17, 15) is 4.79 Å². The van der Waals surface area contributed by atoms with Crippen LogP contribution in [0.1, 0.15) is 17.7 Å². The van der Waals surface area contributed by atoms with Gasteiger partial charge < -0.3 is 14.6 Å². The highest BCUT2D eigenvalue weighted by Crippen LogP contribution is 2.29. The number of hydrogen-bond acceptors (Lipinski definition) is 2. The summed E-state index contributed by atoms with van der Waals surface area (Å²) < 4.78 is 7.48. The van der Waals surface area contributed by atoms with Crippen LogP contribution in [0.25, 0.3) is 16.9 Å². The largest absolute Gasteiger partial charge is 0.497 e. The second kappa shape index (κ2) is 10.6. The van der Waals surface area contributed by atoms with Crippen molar-refractivity contribution < 1.29 is 9.53 Å². The van der Waals surface area contributed by atoms with E-state index in [0.717, 1.165) is 34.0 Å². The molecule has 33 heavy (non-hydrogen) atoms. The van der Waals surface area contributed by atoms with Gasteiger partial charge in [-0.1, -0.05) is 47.5 Å². The van der Waals surface area contributed by atoms with Crippen molar-refractivity contribution in [3.05, 3.63) is 106 Å². The van der Waals surface area contributed by atoms with Crippen molar-refractivity contribution in [1.82, 2.24) is 9.88 Å². The van der Waals surface area contributed by atoms with E-state index in [1.807, 2.05) is 72.8 Å². The van der Waals surface area contributed by atoms with Crippen molar-refractivity contribution in [1.29, 1.82) is 0 Å². The maximum absolute atomic E-state index is 12.5. The Kier molecular flexibility index (Phi) is 7.38. The lowest BCUT2D eigenvalue weighted by Gasteiger charge is -2.15. The molecule has 0 aliphatic rings. The van der Waals surface area contributed by atoms with E-state index >= 15 is 0 Å². The quantitative estimate of drug-likeness (QED) is 0.305. The number of methoxy groups -OCH3 is 1. The Labute approximate surface area is 203 Å². The number of carbonyl (C=O) groups is 1. The number of ether oxygens (including phenoxy) is 1. The van der Waals surface area contributed by atoms with Crippen molar-refractivity contribution in [2.24, 2.45) is 0 Å². The van der Waals surface area contributed by atoms with E-state index in [4.69, 9.17) is 27.9 Å². The fourth-order valence-electron chi connectivity index (χ4n) is 3.73. The number of aromatic nitrogens is 1. The van der Waals surface area contributed by atoms with Crippen LogP contribution in [0.4, 0.5) is 0 Å². The number of nitrogens with one attached hydrogen (secondary N) is 1. The lowest BCUT2D eigenvalue weighted by molar-refractivity contribution is -0.121. The Hall–Kier alpha value is -3.21. The second-order valence-electron chi connectivity index (χ2n) is 7.66. The first kappa shape index (κ1) is 23.0. The highest BCUT2D eigenvalue weighted by Gasteiger charge is 2.14. The minimum Gasteiger partial charge on any atom is -0.497 e. The van der Waals surface area contributed by atoms with Gasteiger partial charge in [0, 0.05) is 34.4 Å². The second-order valence-corrected chi connectivity index (χ2v) is 8.53. The molecule has 0 saturated carbocycles. The number of carbonyl (C=O) groups excluding carboxylic acids is 1. The van der Waals surface area contributed by atoms with E-state index in [0.29, 0.717) is 29.4 Å². The zero-order chi connectivity index (χ0) is 23.2. The molecule has 1 heterocycles. The predicted octanol–water partition coefficient (Wildman–Crippen LogP) is 6.71. The van der Waals surface area contributed by atoms with Gasteiger partial charge in [-0.3, -0.25) is 4.79 Å². The van der Waals surface area contributed by atoms with Crippen LogP contribution in [0, 0.1) is 0 Å². The molecule has 0 saturated heterocycles. The van der Waals surface area contributed by atoms with Crippen LogP contribution < -0.4 is 10.1 Å². The fraction of sp³-hybridized carbons (Fsp3) is 0.148. The molecule has 4 rings (SSSR count). The third kappa shape index (κ3) is 5.78. The first-order valence-corrected chi connectivity index (χ1v) is 11.4. The van der Waals surface area contributed by atoms with Crippen LogP contribution in [0.15, 0.2) is 84.9 Å². The van der Waals surface area contributed by atoms with E-state index in [1.165, 1.54) is 0 Å².